The van der Waals surface area contributed by atoms with E-state index in [1.54, 1.807) is 19.0 Å². The average Bonchev–Trinajstić information content (AvgIpc) is 2.53. The Balaban J connectivity index is 1.90. The van der Waals surface area contributed by atoms with Crippen molar-refractivity contribution in [2.45, 2.75) is 0 Å². The third-order valence-electron chi connectivity index (χ3n) is 2.75. The van der Waals surface area contributed by atoms with Crippen molar-refractivity contribution < 1.29 is 14.3 Å². The van der Waals surface area contributed by atoms with E-state index in [-0.39, 0.29) is 5.24 Å². The van der Waals surface area contributed by atoms with Crippen molar-refractivity contribution >= 4 is 17.0 Å². The largest absolute Gasteiger partial charge is 0.489 e. The first kappa shape index (κ1) is 16.2. The molecule has 4 nitrogen and oxygen atoms in total. The Bertz CT molecular complexity index is 602. The molecule has 22 heavy (non-hydrogen) atoms. The second-order valence-electron chi connectivity index (χ2n) is 4.72. The third-order valence-corrected chi connectivity index (χ3v) is 3.73. The molecule has 2 aromatic rings. The molecule has 0 atom stereocenters. The lowest BCUT2D eigenvalue weighted by molar-refractivity contribution is 0.241. The van der Waals surface area contributed by atoms with E-state index in [1.807, 2.05) is 54.6 Å². The summed E-state index contributed by atoms with van der Waals surface area (Å²) in [6, 6.07) is 17.1. The number of para-hydroxylation sites is 3. The molecule has 0 unspecified atom stereocenters. The zero-order chi connectivity index (χ0) is 15.8. The van der Waals surface area contributed by atoms with Gasteiger partial charge in [0.2, 0.25) is 0 Å². The maximum Gasteiger partial charge on any atom is 0.281 e. The Morgan fingerprint density at radius 3 is 2.32 bits per heavy atom. The maximum atomic E-state index is 11.5. The van der Waals surface area contributed by atoms with E-state index in [9.17, 15) is 4.79 Å². The molecule has 0 bridgehead atoms. The Kier molecular flexibility index (Phi) is 6.15. The molecule has 0 N–H and O–H groups in total. The summed E-state index contributed by atoms with van der Waals surface area (Å²) in [5.41, 5.74) is 0. The van der Waals surface area contributed by atoms with E-state index in [1.165, 1.54) is 11.8 Å². The summed E-state index contributed by atoms with van der Waals surface area (Å²) < 4.78 is 11.5. The lowest BCUT2D eigenvalue weighted by Crippen LogP contribution is -2.17. The Morgan fingerprint density at radius 2 is 1.64 bits per heavy atom. The molecule has 0 radical (unpaired) electrons. The van der Waals surface area contributed by atoms with Crippen molar-refractivity contribution in [2.24, 2.45) is 0 Å². The van der Waals surface area contributed by atoms with Crippen LogP contribution in [0.1, 0.15) is 0 Å². The summed E-state index contributed by atoms with van der Waals surface area (Å²) in [6.07, 6.45) is 0. The number of carbonyl (C=O) groups excluding carboxylic acids is 1. The molecule has 0 spiro atoms. The van der Waals surface area contributed by atoms with Crippen molar-refractivity contribution in [1.82, 2.24) is 4.90 Å². The van der Waals surface area contributed by atoms with Crippen LogP contribution in [0.2, 0.25) is 0 Å². The van der Waals surface area contributed by atoms with Crippen LogP contribution in [0.3, 0.4) is 0 Å². The van der Waals surface area contributed by atoms with Gasteiger partial charge in [-0.1, -0.05) is 42.1 Å². The van der Waals surface area contributed by atoms with Gasteiger partial charge >= 0.3 is 0 Å². The predicted molar refractivity (Wildman–Crippen MR) is 90.0 cm³/mol. The van der Waals surface area contributed by atoms with Gasteiger partial charge in [-0.05, 0) is 24.3 Å². The van der Waals surface area contributed by atoms with E-state index in [2.05, 4.69) is 0 Å². The van der Waals surface area contributed by atoms with Crippen LogP contribution in [0.15, 0.2) is 54.6 Å². The standard InChI is InChI=1S/C17H19NO3S/c1-18(2)17(19)22-13-12-20-15-10-6-7-11-16(15)21-14-8-4-3-5-9-14/h3-11H,12-13H2,1-2H3. The fourth-order valence-corrected chi connectivity index (χ4v) is 2.28. The van der Waals surface area contributed by atoms with Gasteiger partial charge in [0.05, 0.1) is 6.61 Å². The van der Waals surface area contributed by atoms with Crippen LogP contribution in [0.4, 0.5) is 4.79 Å². The summed E-state index contributed by atoms with van der Waals surface area (Å²) in [6.45, 7) is 0.444. The quantitative estimate of drug-likeness (QED) is 0.746. The topological polar surface area (TPSA) is 38.8 Å². The zero-order valence-corrected chi connectivity index (χ0v) is 13.5. The summed E-state index contributed by atoms with van der Waals surface area (Å²) >= 11 is 1.23. The molecule has 0 saturated carbocycles. The van der Waals surface area contributed by atoms with Gasteiger partial charge < -0.3 is 14.4 Å². The Hall–Kier alpha value is -2.14. The summed E-state index contributed by atoms with van der Waals surface area (Å²) in [5, 5.41) is 0.0254. The first-order valence-electron chi connectivity index (χ1n) is 6.95. The molecule has 5 heteroatoms. The summed E-state index contributed by atoms with van der Waals surface area (Å²) in [4.78, 5) is 13.0. The minimum absolute atomic E-state index is 0.0254. The Morgan fingerprint density at radius 1 is 1.00 bits per heavy atom. The molecule has 0 aromatic heterocycles. The van der Waals surface area contributed by atoms with Gasteiger partial charge in [0, 0.05) is 19.8 Å². The number of rotatable bonds is 6. The highest BCUT2D eigenvalue weighted by atomic mass is 32.2. The zero-order valence-electron chi connectivity index (χ0n) is 12.7. The van der Waals surface area contributed by atoms with Crippen LogP contribution in [0.25, 0.3) is 0 Å². The smallest absolute Gasteiger partial charge is 0.281 e. The fraction of sp³-hybridized carbons (Fsp3) is 0.235. The van der Waals surface area contributed by atoms with Crippen LogP contribution in [-0.2, 0) is 0 Å². The first-order chi connectivity index (χ1) is 10.7. The van der Waals surface area contributed by atoms with Gasteiger partial charge in [-0.25, -0.2) is 0 Å². The molecule has 2 rings (SSSR count). The number of hydrogen-bond donors (Lipinski definition) is 0. The molecule has 0 fully saturated rings. The number of thioether (sulfide) groups is 1. The van der Waals surface area contributed by atoms with E-state index in [4.69, 9.17) is 9.47 Å². The van der Waals surface area contributed by atoms with Crippen molar-refractivity contribution in [3.63, 3.8) is 0 Å². The molecular formula is C17H19NO3S. The van der Waals surface area contributed by atoms with Crippen LogP contribution >= 0.6 is 11.8 Å². The monoisotopic (exact) mass is 317 g/mol. The lowest BCUT2D eigenvalue weighted by Gasteiger charge is -2.13. The molecule has 0 aliphatic heterocycles. The highest BCUT2D eigenvalue weighted by molar-refractivity contribution is 8.13. The number of hydrogen-bond acceptors (Lipinski definition) is 4. The average molecular weight is 317 g/mol. The first-order valence-corrected chi connectivity index (χ1v) is 7.94. The van der Waals surface area contributed by atoms with Crippen molar-refractivity contribution in [3.05, 3.63) is 54.6 Å². The van der Waals surface area contributed by atoms with E-state index in [0.29, 0.717) is 23.9 Å². The normalized spacial score (nSPS) is 10.1. The van der Waals surface area contributed by atoms with Crippen molar-refractivity contribution in [2.75, 3.05) is 26.5 Å². The number of benzene rings is 2. The van der Waals surface area contributed by atoms with Crippen LogP contribution in [0, 0.1) is 0 Å². The van der Waals surface area contributed by atoms with Crippen LogP contribution < -0.4 is 9.47 Å². The highest BCUT2D eigenvalue weighted by Gasteiger charge is 2.07. The molecule has 0 aliphatic rings. The van der Waals surface area contributed by atoms with Gasteiger partial charge in [0.15, 0.2) is 11.5 Å². The van der Waals surface area contributed by atoms with Gasteiger partial charge in [0.1, 0.15) is 5.75 Å². The number of nitrogens with zero attached hydrogens (tertiary/aromatic N) is 1. The minimum atomic E-state index is 0.0254. The van der Waals surface area contributed by atoms with Crippen LogP contribution in [0.5, 0.6) is 17.2 Å². The van der Waals surface area contributed by atoms with E-state index < -0.39 is 0 Å². The fourth-order valence-electron chi connectivity index (χ4n) is 1.68. The SMILES string of the molecule is CN(C)C(=O)SCCOc1ccccc1Oc1ccccc1. The van der Waals surface area contributed by atoms with E-state index >= 15 is 0 Å². The molecule has 0 saturated heterocycles. The molecule has 0 aliphatic carbocycles. The highest BCUT2D eigenvalue weighted by Crippen LogP contribution is 2.31. The molecule has 2 aromatic carbocycles. The van der Waals surface area contributed by atoms with Gasteiger partial charge in [-0.2, -0.15) is 0 Å². The number of carbonyl (C=O) groups is 1. The molecular weight excluding hydrogens is 298 g/mol. The predicted octanol–water partition coefficient (Wildman–Crippen LogP) is 4.27. The molecule has 0 heterocycles. The lowest BCUT2D eigenvalue weighted by atomic mass is 10.3. The third kappa shape index (κ3) is 5.00. The second kappa shape index (κ2) is 8.34. The maximum absolute atomic E-state index is 11.5. The van der Waals surface area contributed by atoms with Gasteiger partial charge in [-0.3, -0.25) is 4.79 Å². The summed E-state index contributed by atoms with van der Waals surface area (Å²) in [5.74, 6) is 2.69. The minimum Gasteiger partial charge on any atom is -0.489 e. The summed E-state index contributed by atoms with van der Waals surface area (Å²) in [7, 11) is 3.47. The molecule has 1 amide bonds. The Labute approximate surface area is 135 Å². The number of amides is 1. The van der Waals surface area contributed by atoms with Gasteiger partial charge in [0.25, 0.3) is 5.24 Å². The van der Waals surface area contributed by atoms with Crippen molar-refractivity contribution in [1.29, 1.82) is 0 Å². The molecule has 116 valence electrons. The van der Waals surface area contributed by atoms with Crippen molar-refractivity contribution in [3.8, 4) is 17.2 Å². The van der Waals surface area contributed by atoms with Crippen LogP contribution in [-0.4, -0.2) is 36.6 Å². The van der Waals surface area contributed by atoms with Gasteiger partial charge in [-0.15, -0.1) is 0 Å². The van der Waals surface area contributed by atoms with E-state index in [0.717, 1.165) is 5.75 Å². The number of ether oxygens (including phenoxy) is 2. The second-order valence-corrected chi connectivity index (χ2v) is 5.77.